The lowest BCUT2D eigenvalue weighted by Crippen LogP contribution is -3.00. The Hall–Kier alpha value is -0.690. The van der Waals surface area contributed by atoms with Gasteiger partial charge in [-0.15, -0.1) is 0 Å². The lowest BCUT2D eigenvalue weighted by molar-refractivity contribution is -0.893. The molecule has 0 aromatic carbocycles. The zero-order chi connectivity index (χ0) is 25.7. The third-order valence-electron chi connectivity index (χ3n) is 5.77. The van der Waals surface area contributed by atoms with E-state index in [0.717, 1.165) is 32.1 Å². The molecule has 1 amide bonds. The maximum Gasteiger partial charge on any atom is 0.328 e. The van der Waals surface area contributed by atoms with Gasteiger partial charge >= 0.3 is 7.60 Å². The number of likely N-dealkylation sites (N-methyl/N-ethyl adjacent to an activating group) is 1. The number of carbonyl (C=O) groups excluding carboxylic acids is 1. The van der Waals surface area contributed by atoms with Gasteiger partial charge in [-0.3, -0.25) is 9.36 Å². The fraction of sp³-hybridized carbons (Fsp3) is 0.808. The van der Waals surface area contributed by atoms with Crippen molar-refractivity contribution in [2.24, 2.45) is 0 Å². The molecule has 9 heteroatoms. The smallest absolute Gasteiger partial charge is 0.328 e. The van der Waals surface area contributed by atoms with Crippen LogP contribution in [0.4, 0.5) is 0 Å². The van der Waals surface area contributed by atoms with Gasteiger partial charge in [-0.05, 0) is 38.5 Å². The highest BCUT2D eigenvalue weighted by Crippen LogP contribution is 2.35. The number of aliphatic hydroxyl groups is 1. The molecule has 0 saturated heterocycles. The van der Waals surface area contributed by atoms with Crippen molar-refractivity contribution in [3.63, 3.8) is 0 Å². The first-order valence-electron chi connectivity index (χ1n) is 13.2. The van der Waals surface area contributed by atoms with Gasteiger partial charge in [0.05, 0.1) is 26.8 Å². The quantitative estimate of drug-likeness (QED) is 0.0729. The predicted molar refractivity (Wildman–Crippen MR) is 142 cm³/mol. The van der Waals surface area contributed by atoms with Gasteiger partial charge in [0.1, 0.15) is 12.6 Å². The number of aliphatic hydroxyl groups excluding tert-OH is 1. The molecule has 0 fully saturated rings. The minimum absolute atomic E-state index is 0. The van der Waals surface area contributed by atoms with Gasteiger partial charge in [0.15, 0.2) is 0 Å². The summed E-state index contributed by atoms with van der Waals surface area (Å²) in [5, 5.41) is 12.8. The van der Waals surface area contributed by atoms with Crippen LogP contribution in [0.3, 0.4) is 0 Å². The van der Waals surface area contributed by atoms with Gasteiger partial charge in [0.25, 0.3) is 0 Å². The van der Waals surface area contributed by atoms with Crippen LogP contribution in [0.25, 0.3) is 0 Å². The highest BCUT2D eigenvalue weighted by Gasteiger charge is 2.26. The number of hydrogen-bond donors (Lipinski definition) is 4. The molecule has 1 atom stereocenters. The zero-order valence-electron chi connectivity index (χ0n) is 22.3. The summed E-state index contributed by atoms with van der Waals surface area (Å²) in [5.74, 6) is 0.0810. The lowest BCUT2D eigenvalue weighted by Gasteiger charge is -2.32. The fourth-order valence-corrected chi connectivity index (χ4v) is 4.58. The summed E-state index contributed by atoms with van der Waals surface area (Å²) in [5.41, 5.74) is 0. The topological polar surface area (TPSA) is 107 Å². The Morgan fingerprint density at radius 2 is 1.49 bits per heavy atom. The van der Waals surface area contributed by atoms with Crippen LogP contribution in [0.15, 0.2) is 24.3 Å². The van der Waals surface area contributed by atoms with E-state index in [2.05, 4.69) is 36.5 Å². The van der Waals surface area contributed by atoms with Gasteiger partial charge in [0, 0.05) is 19.4 Å². The molecule has 0 radical (unpaired) electrons. The monoisotopic (exact) mass is 538 g/mol. The van der Waals surface area contributed by atoms with E-state index in [9.17, 15) is 14.5 Å². The van der Waals surface area contributed by atoms with E-state index in [1.165, 1.54) is 44.9 Å². The maximum atomic E-state index is 12.0. The molecule has 35 heavy (non-hydrogen) atoms. The van der Waals surface area contributed by atoms with E-state index in [1.807, 2.05) is 14.1 Å². The van der Waals surface area contributed by atoms with Gasteiger partial charge in [0.2, 0.25) is 5.91 Å². The molecule has 7 nitrogen and oxygen atoms in total. The van der Waals surface area contributed by atoms with E-state index in [4.69, 9.17) is 9.79 Å². The van der Waals surface area contributed by atoms with Crippen molar-refractivity contribution < 1.29 is 41.1 Å². The molecular formula is C26H52ClN2O5P. The van der Waals surface area contributed by atoms with Gasteiger partial charge < -0.3 is 37.1 Å². The second-order valence-electron chi connectivity index (χ2n) is 10.0. The molecule has 208 valence electrons. The normalized spacial score (nSPS) is 13.3. The molecule has 0 aromatic heterocycles. The van der Waals surface area contributed by atoms with Crippen molar-refractivity contribution in [2.75, 3.05) is 39.9 Å². The van der Waals surface area contributed by atoms with Crippen LogP contribution in [0.2, 0.25) is 0 Å². The van der Waals surface area contributed by atoms with Crippen molar-refractivity contribution in [1.29, 1.82) is 0 Å². The Balaban J connectivity index is 0. The summed E-state index contributed by atoms with van der Waals surface area (Å²) in [6, 6.07) is 0. The number of unbranched alkanes of at least 4 members (excludes halogenated alkanes) is 8. The average Bonchev–Trinajstić information content (AvgIpc) is 2.72. The van der Waals surface area contributed by atoms with Crippen molar-refractivity contribution >= 4 is 13.5 Å². The van der Waals surface area contributed by atoms with Crippen molar-refractivity contribution in [2.45, 2.75) is 96.5 Å². The standard InChI is InChI=1S/C26H51N2O5P.ClH/c1-4-5-6-7-8-9-10-11-12-13-14-15-16-17-18-20-26(30)27-21-19-22-28(2,3)23-25(29)24-34(31,32)33;/h8-9,11-12,25,29H,4-7,10,13-24H2,1-3H3,(H2-,27,30,31,32,33);1H/b9-8-,12-11-;. The summed E-state index contributed by atoms with van der Waals surface area (Å²) in [6.07, 6.45) is 21.7. The van der Waals surface area contributed by atoms with Crippen LogP contribution in [-0.4, -0.2) is 71.3 Å². The van der Waals surface area contributed by atoms with Crippen LogP contribution in [0.1, 0.15) is 90.4 Å². The molecule has 0 bridgehead atoms. The van der Waals surface area contributed by atoms with E-state index in [0.29, 0.717) is 24.0 Å². The van der Waals surface area contributed by atoms with Crippen molar-refractivity contribution in [3.8, 4) is 0 Å². The first-order valence-corrected chi connectivity index (χ1v) is 15.0. The first kappa shape index (κ1) is 36.5. The maximum absolute atomic E-state index is 12.0. The van der Waals surface area contributed by atoms with Gasteiger partial charge in [-0.2, -0.15) is 0 Å². The Morgan fingerprint density at radius 1 is 0.914 bits per heavy atom. The summed E-state index contributed by atoms with van der Waals surface area (Å²) in [6.45, 7) is 3.79. The Bertz CT molecular complexity index is 623. The number of carbonyl (C=O) groups is 1. The molecule has 0 aliphatic rings. The third kappa shape index (κ3) is 27.7. The second kappa shape index (κ2) is 22.5. The summed E-state index contributed by atoms with van der Waals surface area (Å²) in [7, 11) is -0.387. The molecule has 0 aliphatic heterocycles. The van der Waals surface area contributed by atoms with Crippen molar-refractivity contribution in [1.82, 2.24) is 5.32 Å². The number of quaternary nitrogens is 1. The minimum atomic E-state index is -4.21. The number of nitrogens with zero attached hydrogens (tertiary/aromatic N) is 1. The zero-order valence-corrected chi connectivity index (χ0v) is 24.0. The number of halogens is 1. The predicted octanol–water partition coefficient (Wildman–Crippen LogP) is 1.93. The Morgan fingerprint density at radius 3 is 2.09 bits per heavy atom. The Labute approximate surface area is 220 Å². The molecule has 0 aromatic rings. The van der Waals surface area contributed by atoms with E-state index in [1.54, 1.807) is 0 Å². The average molecular weight is 539 g/mol. The second-order valence-corrected chi connectivity index (χ2v) is 11.7. The van der Waals surface area contributed by atoms with E-state index < -0.39 is 19.9 Å². The molecule has 1 unspecified atom stereocenters. The summed E-state index contributed by atoms with van der Waals surface area (Å²) < 4.78 is 11.4. The van der Waals surface area contributed by atoms with E-state index in [-0.39, 0.29) is 24.9 Å². The first-order chi connectivity index (χ1) is 16.1. The van der Waals surface area contributed by atoms with Gasteiger partial charge in [-0.25, -0.2) is 0 Å². The number of allylic oxidation sites excluding steroid dienone is 4. The van der Waals surface area contributed by atoms with Gasteiger partial charge in [-0.1, -0.05) is 63.3 Å². The highest BCUT2D eigenvalue weighted by molar-refractivity contribution is 7.51. The number of rotatable bonds is 22. The minimum Gasteiger partial charge on any atom is -1.00 e. The van der Waals surface area contributed by atoms with Crippen LogP contribution in [0, 0.1) is 0 Å². The molecule has 0 spiro atoms. The largest absolute Gasteiger partial charge is 1.00 e. The molecule has 0 aliphatic carbocycles. The summed E-state index contributed by atoms with van der Waals surface area (Å²) >= 11 is 0. The number of nitrogens with one attached hydrogen (secondary N) is 1. The van der Waals surface area contributed by atoms with Crippen molar-refractivity contribution in [3.05, 3.63) is 24.3 Å². The molecule has 0 saturated carbocycles. The van der Waals surface area contributed by atoms with Crippen LogP contribution < -0.4 is 17.7 Å². The lowest BCUT2D eigenvalue weighted by atomic mass is 10.1. The molecule has 0 rings (SSSR count). The number of amides is 1. The molecule has 0 heterocycles. The Kier molecular flexibility index (Phi) is 23.4. The third-order valence-corrected chi connectivity index (χ3v) is 6.67. The van der Waals surface area contributed by atoms with Crippen LogP contribution >= 0.6 is 7.60 Å². The molecular weight excluding hydrogens is 487 g/mol. The SMILES string of the molecule is CCCCC/C=C\C/C=C\CCCCCCCC(=O)NCCC[N+](C)(C)CC(O)CP(=O)(O)O.[Cl-]. The summed E-state index contributed by atoms with van der Waals surface area (Å²) in [4.78, 5) is 29.9. The molecule has 4 N–H and O–H groups in total. The van der Waals surface area contributed by atoms with Crippen LogP contribution in [0.5, 0.6) is 0 Å². The fourth-order valence-electron chi connectivity index (χ4n) is 3.91. The highest BCUT2D eigenvalue weighted by atomic mass is 35.5. The van der Waals surface area contributed by atoms with E-state index >= 15 is 0 Å². The van der Waals surface area contributed by atoms with Crippen LogP contribution in [-0.2, 0) is 9.36 Å². The number of hydrogen-bond acceptors (Lipinski definition) is 3.